The third kappa shape index (κ3) is 1.71. The van der Waals surface area contributed by atoms with E-state index < -0.39 is 11.9 Å². The first-order valence-corrected chi connectivity index (χ1v) is 4.87. The van der Waals surface area contributed by atoms with Crippen molar-refractivity contribution in [2.24, 2.45) is 5.73 Å². The lowest BCUT2D eigenvalue weighted by atomic mass is 10.0. The number of nitrogen functional groups attached to an aromatic ring is 1. The zero-order valence-corrected chi connectivity index (χ0v) is 8.38. The van der Waals surface area contributed by atoms with Gasteiger partial charge in [-0.1, -0.05) is 0 Å². The number of hydrogen-bond acceptors (Lipinski definition) is 4. The van der Waals surface area contributed by atoms with Crippen LogP contribution in [-0.4, -0.2) is 16.5 Å². The maximum atomic E-state index is 12.7. The minimum atomic E-state index is -4.50. The molecule has 0 radical (unpaired) electrons. The van der Waals surface area contributed by atoms with E-state index in [0.717, 1.165) is 0 Å². The summed E-state index contributed by atoms with van der Waals surface area (Å²) in [6.45, 7) is 0.170. The standard InChI is InChI=1S/C9H11F3N4/c10-9(11,12)7-6-4(3-13)1-2-5(6)15-8(14)16-7/h4H,1-3,13H2,(H2,14,15,16). The number of nitrogens with zero attached hydrogens (tertiary/aromatic N) is 2. The first-order valence-electron chi connectivity index (χ1n) is 4.87. The zero-order valence-electron chi connectivity index (χ0n) is 8.38. The molecule has 0 fully saturated rings. The smallest absolute Gasteiger partial charge is 0.368 e. The van der Waals surface area contributed by atoms with E-state index in [1.54, 1.807) is 0 Å². The maximum absolute atomic E-state index is 12.7. The van der Waals surface area contributed by atoms with Crippen molar-refractivity contribution in [3.8, 4) is 0 Å². The highest BCUT2D eigenvalue weighted by atomic mass is 19.4. The van der Waals surface area contributed by atoms with Crippen LogP contribution in [0, 0.1) is 0 Å². The van der Waals surface area contributed by atoms with Gasteiger partial charge in [-0.25, -0.2) is 9.97 Å². The molecule has 7 heteroatoms. The highest BCUT2D eigenvalue weighted by Crippen LogP contribution is 2.40. The fraction of sp³-hybridized carbons (Fsp3) is 0.556. The van der Waals surface area contributed by atoms with E-state index >= 15 is 0 Å². The van der Waals surface area contributed by atoms with Gasteiger partial charge in [0, 0.05) is 11.5 Å². The highest BCUT2D eigenvalue weighted by molar-refractivity contribution is 5.39. The molecular weight excluding hydrogens is 221 g/mol. The molecule has 1 aliphatic carbocycles. The van der Waals surface area contributed by atoms with Crippen LogP contribution in [0.2, 0.25) is 0 Å². The van der Waals surface area contributed by atoms with Gasteiger partial charge in [-0.2, -0.15) is 13.2 Å². The summed E-state index contributed by atoms with van der Waals surface area (Å²) in [6.07, 6.45) is -3.45. The normalized spacial score (nSPS) is 19.9. The lowest BCUT2D eigenvalue weighted by Crippen LogP contribution is -2.19. The Bertz CT molecular complexity index is 416. The van der Waals surface area contributed by atoms with Gasteiger partial charge in [-0.3, -0.25) is 0 Å². The molecule has 1 heterocycles. The monoisotopic (exact) mass is 232 g/mol. The van der Waals surface area contributed by atoms with Crippen molar-refractivity contribution in [1.29, 1.82) is 0 Å². The van der Waals surface area contributed by atoms with Crippen LogP contribution in [0.15, 0.2) is 0 Å². The number of aromatic nitrogens is 2. The lowest BCUT2D eigenvalue weighted by Gasteiger charge is -2.15. The Morgan fingerprint density at radius 2 is 2.00 bits per heavy atom. The highest BCUT2D eigenvalue weighted by Gasteiger charge is 2.41. The summed E-state index contributed by atoms with van der Waals surface area (Å²) in [5.74, 6) is -0.643. The van der Waals surface area contributed by atoms with Gasteiger partial charge in [0.15, 0.2) is 5.69 Å². The summed E-state index contributed by atoms with van der Waals surface area (Å²) in [5.41, 5.74) is 10.3. The van der Waals surface area contributed by atoms with E-state index in [4.69, 9.17) is 11.5 Å². The number of nitrogens with two attached hydrogens (primary N) is 2. The molecule has 0 saturated heterocycles. The van der Waals surface area contributed by atoms with Crippen LogP contribution in [0.3, 0.4) is 0 Å². The number of rotatable bonds is 1. The third-order valence-electron chi connectivity index (χ3n) is 2.73. The predicted octanol–water partition coefficient (Wildman–Crippen LogP) is 1.07. The van der Waals surface area contributed by atoms with Crippen LogP contribution < -0.4 is 11.5 Å². The van der Waals surface area contributed by atoms with Gasteiger partial charge in [0.05, 0.1) is 5.69 Å². The molecule has 88 valence electrons. The Morgan fingerprint density at radius 3 is 2.56 bits per heavy atom. The van der Waals surface area contributed by atoms with Gasteiger partial charge in [0.1, 0.15) is 0 Å². The first-order chi connectivity index (χ1) is 7.43. The van der Waals surface area contributed by atoms with Crippen LogP contribution in [0.25, 0.3) is 0 Å². The number of aryl methyl sites for hydroxylation is 1. The van der Waals surface area contributed by atoms with E-state index in [1.807, 2.05) is 0 Å². The molecule has 0 saturated carbocycles. The summed E-state index contributed by atoms with van der Waals surface area (Å²) < 4.78 is 38.2. The van der Waals surface area contributed by atoms with Gasteiger partial charge in [-0.15, -0.1) is 0 Å². The second-order valence-electron chi connectivity index (χ2n) is 3.76. The van der Waals surface area contributed by atoms with Crippen molar-refractivity contribution < 1.29 is 13.2 Å². The van der Waals surface area contributed by atoms with Crippen molar-refractivity contribution in [2.75, 3.05) is 12.3 Å². The average Bonchev–Trinajstić information content (AvgIpc) is 2.57. The SMILES string of the molecule is NCC1CCc2nc(N)nc(C(F)(F)F)c21. The van der Waals surface area contributed by atoms with Gasteiger partial charge < -0.3 is 11.5 Å². The van der Waals surface area contributed by atoms with E-state index in [0.29, 0.717) is 18.5 Å². The van der Waals surface area contributed by atoms with Crippen LogP contribution in [0.5, 0.6) is 0 Å². The molecule has 4 nitrogen and oxygen atoms in total. The fourth-order valence-corrected chi connectivity index (χ4v) is 2.06. The minimum absolute atomic E-state index is 0.129. The van der Waals surface area contributed by atoms with E-state index in [2.05, 4.69) is 9.97 Å². The van der Waals surface area contributed by atoms with Crippen LogP contribution in [-0.2, 0) is 12.6 Å². The second kappa shape index (κ2) is 3.58. The number of halogens is 3. The fourth-order valence-electron chi connectivity index (χ4n) is 2.06. The largest absolute Gasteiger partial charge is 0.433 e. The molecule has 0 aromatic carbocycles. The van der Waals surface area contributed by atoms with Crippen molar-refractivity contribution >= 4 is 5.95 Å². The topological polar surface area (TPSA) is 77.8 Å². The molecule has 1 atom stereocenters. The Balaban J connectivity index is 2.61. The third-order valence-corrected chi connectivity index (χ3v) is 2.73. The van der Waals surface area contributed by atoms with Crippen molar-refractivity contribution in [1.82, 2.24) is 9.97 Å². The van der Waals surface area contributed by atoms with E-state index in [-0.39, 0.29) is 24.0 Å². The summed E-state index contributed by atoms with van der Waals surface area (Å²) in [6, 6.07) is 0. The van der Waals surface area contributed by atoms with Crippen LogP contribution in [0.1, 0.15) is 29.3 Å². The van der Waals surface area contributed by atoms with Crippen molar-refractivity contribution in [3.05, 3.63) is 17.0 Å². The lowest BCUT2D eigenvalue weighted by molar-refractivity contribution is -0.141. The number of alkyl halides is 3. The molecule has 1 aromatic heterocycles. The Morgan fingerprint density at radius 1 is 1.31 bits per heavy atom. The molecule has 1 unspecified atom stereocenters. The quantitative estimate of drug-likeness (QED) is 0.759. The summed E-state index contributed by atoms with van der Waals surface area (Å²) in [5, 5.41) is 0. The molecule has 2 rings (SSSR count). The molecule has 0 amide bonds. The number of fused-ring (bicyclic) bond motifs is 1. The first kappa shape index (κ1) is 11.1. The van der Waals surface area contributed by atoms with Crippen LogP contribution >= 0.6 is 0 Å². The molecule has 1 aliphatic rings. The summed E-state index contributed by atoms with van der Waals surface area (Å²) in [7, 11) is 0. The number of anilines is 1. The van der Waals surface area contributed by atoms with Crippen molar-refractivity contribution in [3.63, 3.8) is 0 Å². The Hall–Kier alpha value is -1.37. The molecule has 16 heavy (non-hydrogen) atoms. The minimum Gasteiger partial charge on any atom is -0.368 e. The maximum Gasteiger partial charge on any atom is 0.433 e. The predicted molar refractivity (Wildman–Crippen MR) is 51.6 cm³/mol. The Kier molecular flexibility index (Phi) is 2.49. The number of hydrogen-bond donors (Lipinski definition) is 2. The van der Waals surface area contributed by atoms with Gasteiger partial charge in [0.2, 0.25) is 5.95 Å². The average molecular weight is 232 g/mol. The molecule has 0 aliphatic heterocycles. The zero-order chi connectivity index (χ0) is 11.9. The van der Waals surface area contributed by atoms with Crippen LogP contribution in [0.4, 0.5) is 19.1 Å². The van der Waals surface area contributed by atoms with E-state index in [9.17, 15) is 13.2 Å². The van der Waals surface area contributed by atoms with Crippen molar-refractivity contribution in [2.45, 2.75) is 24.9 Å². The molecular formula is C9H11F3N4. The molecule has 0 bridgehead atoms. The molecule has 0 spiro atoms. The van der Waals surface area contributed by atoms with Gasteiger partial charge in [-0.05, 0) is 19.4 Å². The summed E-state index contributed by atoms with van der Waals surface area (Å²) >= 11 is 0. The summed E-state index contributed by atoms with van der Waals surface area (Å²) in [4.78, 5) is 7.14. The van der Waals surface area contributed by atoms with E-state index in [1.165, 1.54) is 0 Å². The van der Waals surface area contributed by atoms with Gasteiger partial charge in [0.25, 0.3) is 0 Å². The Labute approximate surface area is 89.9 Å². The van der Waals surface area contributed by atoms with Gasteiger partial charge >= 0.3 is 6.18 Å². The molecule has 4 N–H and O–H groups in total. The molecule has 1 aromatic rings. The second-order valence-corrected chi connectivity index (χ2v) is 3.76.